The Hall–Kier alpha value is -2.66. The summed E-state index contributed by atoms with van der Waals surface area (Å²) in [5.74, 6) is 0.107. The van der Waals surface area contributed by atoms with E-state index in [1.165, 1.54) is 23.6 Å². The van der Waals surface area contributed by atoms with Gasteiger partial charge in [-0.25, -0.2) is 0 Å². The first-order valence-corrected chi connectivity index (χ1v) is 10.3. The number of hydrogen-bond donors (Lipinski definition) is 1. The molecule has 4 rings (SSSR count). The summed E-state index contributed by atoms with van der Waals surface area (Å²) in [6.07, 6.45) is 2.14. The number of hydrogen-bond acceptors (Lipinski definition) is 3. The van der Waals surface area contributed by atoms with Crippen molar-refractivity contribution in [3.63, 3.8) is 0 Å². The summed E-state index contributed by atoms with van der Waals surface area (Å²) in [7, 11) is 0. The maximum Gasteiger partial charge on any atom is 0.221 e. The van der Waals surface area contributed by atoms with Gasteiger partial charge in [-0.2, -0.15) is 0 Å². The first-order chi connectivity index (χ1) is 13.9. The number of likely N-dealkylation sites (tertiary alicyclic amines) is 1. The lowest BCUT2D eigenvalue weighted by Gasteiger charge is -2.32. The molecule has 0 aliphatic carbocycles. The molecular weight excluding hydrogens is 362 g/mol. The van der Waals surface area contributed by atoms with Crippen LogP contribution in [0.5, 0.6) is 0 Å². The van der Waals surface area contributed by atoms with E-state index in [1.807, 2.05) is 17.0 Å². The molecule has 2 aromatic carbocycles. The highest BCUT2D eigenvalue weighted by Crippen LogP contribution is 2.39. The molecule has 5 heteroatoms. The van der Waals surface area contributed by atoms with Gasteiger partial charge in [0.05, 0.1) is 0 Å². The van der Waals surface area contributed by atoms with Crippen molar-refractivity contribution in [3.05, 3.63) is 65.2 Å². The molecule has 1 atom stereocenters. The number of benzene rings is 2. The molecule has 1 N–H and O–H groups in total. The lowest BCUT2D eigenvalue weighted by atomic mass is 9.80. The summed E-state index contributed by atoms with van der Waals surface area (Å²) in [5, 5.41) is 2.81. The monoisotopic (exact) mass is 391 g/mol. The van der Waals surface area contributed by atoms with Gasteiger partial charge in [-0.05, 0) is 48.2 Å². The van der Waals surface area contributed by atoms with Crippen molar-refractivity contribution in [2.75, 3.05) is 25.0 Å². The second-order valence-corrected chi connectivity index (χ2v) is 8.66. The van der Waals surface area contributed by atoms with Crippen LogP contribution in [0.1, 0.15) is 37.0 Å². The van der Waals surface area contributed by atoms with Crippen molar-refractivity contribution in [2.45, 2.75) is 39.8 Å². The van der Waals surface area contributed by atoms with Crippen molar-refractivity contribution in [3.8, 4) is 0 Å². The minimum Gasteiger partial charge on any atom is -0.338 e. The number of nitrogens with zero attached hydrogens (tertiary/aromatic N) is 2. The van der Waals surface area contributed by atoms with Crippen LogP contribution < -0.4 is 5.32 Å². The van der Waals surface area contributed by atoms with E-state index in [-0.39, 0.29) is 17.2 Å². The van der Waals surface area contributed by atoms with Crippen LogP contribution in [0.25, 0.3) is 0 Å². The van der Waals surface area contributed by atoms with Gasteiger partial charge in [-0.1, -0.05) is 36.4 Å². The minimum absolute atomic E-state index is 0.0529. The van der Waals surface area contributed by atoms with E-state index < -0.39 is 0 Å². The topological polar surface area (TPSA) is 52.7 Å². The molecule has 0 bridgehead atoms. The van der Waals surface area contributed by atoms with Crippen LogP contribution >= 0.6 is 0 Å². The average Bonchev–Trinajstić information content (AvgIpc) is 2.97. The predicted octanol–water partition coefficient (Wildman–Crippen LogP) is 3.44. The smallest absolute Gasteiger partial charge is 0.221 e. The van der Waals surface area contributed by atoms with Gasteiger partial charge in [0.2, 0.25) is 11.8 Å². The Morgan fingerprint density at radius 2 is 1.72 bits per heavy atom. The largest absolute Gasteiger partial charge is 0.338 e. The Kier molecular flexibility index (Phi) is 5.41. The van der Waals surface area contributed by atoms with E-state index >= 15 is 0 Å². The highest BCUT2D eigenvalue weighted by atomic mass is 16.2. The van der Waals surface area contributed by atoms with Crippen LogP contribution in [-0.4, -0.2) is 41.2 Å². The molecule has 0 saturated carbocycles. The highest BCUT2D eigenvalue weighted by molar-refractivity contribution is 5.88. The van der Waals surface area contributed by atoms with Crippen molar-refractivity contribution < 1.29 is 9.59 Å². The second kappa shape index (κ2) is 7.99. The first-order valence-electron chi connectivity index (χ1n) is 10.3. The standard InChI is InChI=1S/C24H29N3O2/c1-18(28)25-23-9-7-20(8-10-23)14-26-12-11-24(16-26)13-21-5-3-4-6-22(21)15-27(17-24)19(2)29/h3-10H,11-17H2,1-2H3,(H,25,28). The highest BCUT2D eigenvalue weighted by Gasteiger charge is 2.42. The third kappa shape index (κ3) is 4.51. The lowest BCUT2D eigenvalue weighted by Crippen LogP contribution is -2.41. The Labute approximate surface area is 172 Å². The van der Waals surface area contributed by atoms with E-state index in [0.717, 1.165) is 51.3 Å². The van der Waals surface area contributed by atoms with Crippen molar-refractivity contribution in [1.29, 1.82) is 0 Å². The average molecular weight is 392 g/mol. The molecule has 2 aliphatic rings. The quantitative estimate of drug-likeness (QED) is 0.872. The molecule has 29 heavy (non-hydrogen) atoms. The summed E-state index contributed by atoms with van der Waals surface area (Å²) in [6, 6.07) is 16.7. The van der Waals surface area contributed by atoms with Gasteiger partial charge in [0.1, 0.15) is 0 Å². The first kappa shape index (κ1) is 19.6. The van der Waals surface area contributed by atoms with Gasteiger partial charge in [-0.15, -0.1) is 0 Å². The van der Waals surface area contributed by atoms with E-state index in [4.69, 9.17) is 0 Å². The number of carbonyl (C=O) groups excluding carboxylic acids is 2. The van der Waals surface area contributed by atoms with Gasteiger partial charge < -0.3 is 10.2 Å². The fraction of sp³-hybridized carbons (Fsp3) is 0.417. The summed E-state index contributed by atoms with van der Waals surface area (Å²) in [5.41, 5.74) is 4.86. The molecule has 0 aromatic heterocycles. The van der Waals surface area contributed by atoms with Crippen molar-refractivity contribution in [2.24, 2.45) is 5.41 Å². The van der Waals surface area contributed by atoms with Gasteiger partial charge in [0.15, 0.2) is 0 Å². The molecule has 1 saturated heterocycles. The van der Waals surface area contributed by atoms with Crippen molar-refractivity contribution >= 4 is 17.5 Å². The maximum atomic E-state index is 12.3. The Morgan fingerprint density at radius 3 is 2.41 bits per heavy atom. The number of nitrogens with one attached hydrogen (secondary N) is 1. The molecule has 5 nitrogen and oxygen atoms in total. The van der Waals surface area contributed by atoms with Gasteiger partial charge in [0.25, 0.3) is 0 Å². The third-order valence-corrected chi connectivity index (χ3v) is 6.21. The molecule has 1 fully saturated rings. The normalized spacial score (nSPS) is 21.7. The summed E-state index contributed by atoms with van der Waals surface area (Å²) in [6.45, 7) is 7.69. The van der Waals surface area contributed by atoms with Crippen LogP contribution in [0.2, 0.25) is 0 Å². The SMILES string of the molecule is CC(=O)Nc1ccc(CN2CCC3(Cc4ccccc4CN(C(C)=O)C3)C2)cc1. The number of rotatable bonds is 3. The molecule has 2 amide bonds. The number of anilines is 1. The van der Waals surface area contributed by atoms with Crippen LogP contribution in [0, 0.1) is 5.41 Å². The van der Waals surface area contributed by atoms with Gasteiger partial charge in [-0.3, -0.25) is 14.5 Å². The zero-order valence-corrected chi connectivity index (χ0v) is 17.3. The summed E-state index contributed by atoms with van der Waals surface area (Å²) < 4.78 is 0. The fourth-order valence-corrected chi connectivity index (χ4v) is 4.82. The minimum atomic E-state index is -0.0529. The van der Waals surface area contributed by atoms with Crippen LogP contribution in [-0.2, 0) is 29.1 Å². The molecule has 1 spiro atoms. The summed E-state index contributed by atoms with van der Waals surface area (Å²) in [4.78, 5) is 28.0. The molecule has 152 valence electrons. The Morgan fingerprint density at radius 1 is 1.00 bits per heavy atom. The molecule has 2 heterocycles. The molecule has 2 aliphatic heterocycles. The zero-order chi connectivity index (χ0) is 20.4. The van der Waals surface area contributed by atoms with E-state index in [2.05, 4.69) is 46.6 Å². The van der Waals surface area contributed by atoms with Crippen LogP contribution in [0.4, 0.5) is 5.69 Å². The molecule has 0 radical (unpaired) electrons. The zero-order valence-electron chi connectivity index (χ0n) is 17.3. The van der Waals surface area contributed by atoms with Crippen molar-refractivity contribution in [1.82, 2.24) is 9.80 Å². The predicted molar refractivity (Wildman–Crippen MR) is 114 cm³/mol. The van der Waals surface area contributed by atoms with E-state index in [0.29, 0.717) is 0 Å². The van der Waals surface area contributed by atoms with Crippen LogP contribution in [0.3, 0.4) is 0 Å². The summed E-state index contributed by atoms with van der Waals surface area (Å²) >= 11 is 0. The second-order valence-electron chi connectivity index (χ2n) is 8.66. The van der Waals surface area contributed by atoms with E-state index in [1.54, 1.807) is 6.92 Å². The molecular formula is C24H29N3O2. The van der Waals surface area contributed by atoms with Gasteiger partial charge >= 0.3 is 0 Å². The molecule has 1 unspecified atom stereocenters. The number of amides is 2. The fourth-order valence-electron chi connectivity index (χ4n) is 4.82. The Balaban J connectivity index is 1.48. The number of carbonyl (C=O) groups is 2. The van der Waals surface area contributed by atoms with Gasteiger partial charge in [0, 0.05) is 51.1 Å². The van der Waals surface area contributed by atoms with E-state index in [9.17, 15) is 9.59 Å². The Bertz CT molecular complexity index is 909. The number of fused-ring (bicyclic) bond motifs is 1. The van der Waals surface area contributed by atoms with Crippen LogP contribution in [0.15, 0.2) is 48.5 Å². The maximum absolute atomic E-state index is 12.3. The lowest BCUT2D eigenvalue weighted by molar-refractivity contribution is -0.130. The molecule has 2 aromatic rings. The third-order valence-electron chi connectivity index (χ3n) is 6.21.